The van der Waals surface area contributed by atoms with E-state index in [1.54, 1.807) is 0 Å². The highest BCUT2D eigenvalue weighted by Gasteiger charge is 2.20. The highest BCUT2D eigenvalue weighted by molar-refractivity contribution is 5.34. The number of benzene rings is 1. The Morgan fingerprint density at radius 2 is 1.82 bits per heavy atom. The maximum absolute atomic E-state index is 3.51. The number of hydrogen-bond acceptors (Lipinski definition) is 0. The highest BCUT2D eigenvalue weighted by Crippen LogP contribution is 2.31. The van der Waals surface area contributed by atoms with Crippen LogP contribution in [0.5, 0.6) is 0 Å². The van der Waals surface area contributed by atoms with Crippen LogP contribution in [-0.4, -0.2) is 0 Å². The lowest BCUT2D eigenvalue weighted by Gasteiger charge is -2.26. The van der Waals surface area contributed by atoms with Crippen LogP contribution in [0.4, 0.5) is 0 Å². The molecule has 1 atom stereocenters. The summed E-state index contributed by atoms with van der Waals surface area (Å²) in [4.78, 5) is 0. The SMILES string of the molecule is CCC(C#Cc1ccccc1)C1CCCCC1. The second-order valence-electron chi connectivity index (χ2n) is 5.05. The van der Waals surface area contributed by atoms with E-state index < -0.39 is 0 Å². The summed E-state index contributed by atoms with van der Waals surface area (Å²) in [6.45, 7) is 2.28. The standard InChI is InChI=1S/C17H22/c1-2-16(17-11-7-4-8-12-17)14-13-15-9-5-3-6-10-15/h3,5-6,9-10,16-17H,2,4,7-8,11-12H2,1H3. The van der Waals surface area contributed by atoms with Gasteiger partial charge in [0.05, 0.1) is 0 Å². The quantitative estimate of drug-likeness (QED) is 0.644. The van der Waals surface area contributed by atoms with Crippen molar-refractivity contribution in [2.75, 3.05) is 0 Å². The highest BCUT2D eigenvalue weighted by atomic mass is 14.2. The summed E-state index contributed by atoms with van der Waals surface area (Å²) in [5.41, 5.74) is 1.15. The van der Waals surface area contributed by atoms with Gasteiger partial charge in [0.25, 0.3) is 0 Å². The second kappa shape index (κ2) is 6.50. The van der Waals surface area contributed by atoms with Crippen molar-refractivity contribution in [1.29, 1.82) is 0 Å². The molecular weight excluding hydrogens is 204 g/mol. The van der Waals surface area contributed by atoms with Gasteiger partial charge in [0.2, 0.25) is 0 Å². The molecule has 2 rings (SSSR count). The summed E-state index contributed by atoms with van der Waals surface area (Å²) in [5, 5.41) is 0. The second-order valence-corrected chi connectivity index (χ2v) is 5.05. The van der Waals surface area contributed by atoms with Crippen molar-refractivity contribution in [2.24, 2.45) is 11.8 Å². The van der Waals surface area contributed by atoms with E-state index in [0.717, 1.165) is 11.5 Å². The minimum absolute atomic E-state index is 0.607. The Labute approximate surface area is 105 Å². The van der Waals surface area contributed by atoms with Crippen LogP contribution in [0, 0.1) is 23.7 Å². The number of hydrogen-bond donors (Lipinski definition) is 0. The average molecular weight is 226 g/mol. The molecule has 0 nitrogen and oxygen atoms in total. The largest absolute Gasteiger partial charge is 0.0942 e. The first kappa shape index (κ1) is 12.2. The van der Waals surface area contributed by atoms with Gasteiger partial charge in [-0.25, -0.2) is 0 Å². The minimum atomic E-state index is 0.607. The molecule has 1 aromatic rings. The van der Waals surface area contributed by atoms with Gasteiger partial charge in [-0.1, -0.05) is 56.2 Å². The Morgan fingerprint density at radius 3 is 2.47 bits per heavy atom. The van der Waals surface area contributed by atoms with Gasteiger partial charge in [-0.3, -0.25) is 0 Å². The van der Waals surface area contributed by atoms with Crippen LogP contribution in [0.25, 0.3) is 0 Å². The van der Waals surface area contributed by atoms with E-state index in [2.05, 4.69) is 43.0 Å². The van der Waals surface area contributed by atoms with Crippen molar-refractivity contribution in [1.82, 2.24) is 0 Å². The zero-order valence-corrected chi connectivity index (χ0v) is 10.8. The van der Waals surface area contributed by atoms with Crippen LogP contribution in [-0.2, 0) is 0 Å². The Bertz CT molecular complexity index is 373. The van der Waals surface area contributed by atoms with Gasteiger partial charge < -0.3 is 0 Å². The summed E-state index contributed by atoms with van der Waals surface area (Å²) >= 11 is 0. The van der Waals surface area contributed by atoms with Gasteiger partial charge in [0, 0.05) is 11.5 Å². The van der Waals surface area contributed by atoms with Gasteiger partial charge in [0.1, 0.15) is 0 Å². The van der Waals surface area contributed by atoms with Gasteiger partial charge >= 0.3 is 0 Å². The van der Waals surface area contributed by atoms with Gasteiger partial charge in [0.15, 0.2) is 0 Å². The summed E-state index contributed by atoms with van der Waals surface area (Å²) in [5.74, 6) is 8.31. The minimum Gasteiger partial charge on any atom is -0.0942 e. The van der Waals surface area contributed by atoms with Crippen LogP contribution in [0.3, 0.4) is 0 Å². The number of rotatable bonds is 2. The van der Waals surface area contributed by atoms with Crippen LogP contribution >= 0.6 is 0 Å². The molecule has 0 amide bonds. The Balaban J connectivity index is 2.02. The third kappa shape index (κ3) is 3.63. The van der Waals surface area contributed by atoms with Crippen molar-refractivity contribution in [3.8, 4) is 11.8 Å². The van der Waals surface area contributed by atoms with Crippen molar-refractivity contribution in [2.45, 2.75) is 45.4 Å². The zero-order valence-electron chi connectivity index (χ0n) is 10.8. The molecule has 1 aliphatic carbocycles. The van der Waals surface area contributed by atoms with E-state index in [1.165, 1.54) is 38.5 Å². The fourth-order valence-electron chi connectivity index (χ4n) is 2.79. The fraction of sp³-hybridized carbons (Fsp3) is 0.529. The molecule has 1 aliphatic rings. The first-order valence-electron chi connectivity index (χ1n) is 6.96. The molecule has 0 N–H and O–H groups in total. The van der Waals surface area contributed by atoms with E-state index in [4.69, 9.17) is 0 Å². The molecule has 0 heteroatoms. The predicted octanol–water partition coefficient (Wildman–Crippen LogP) is 4.64. The fourth-order valence-corrected chi connectivity index (χ4v) is 2.79. The van der Waals surface area contributed by atoms with Crippen LogP contribution in [0.1, 0.15) is 51.0 Å². The molecule has 0 heterocycles. The zero-order chi connectivity index (χ0) is 11.9. The van der Waals surface area contributed by atoms with Crippen molar-refractivity contribution in [3.63, 3.8) is 0 Å². The molecule has 0 aromatic heterocycles. The molecule has 1 unspecified atom stereocenters. The maximum atomic E-state index is 3.51. The molecule has 90 valence electrons. The van der Waals surface area contributed by atoms with E-state index >= 15 is 0 Å². The molecule has 17 heavy (non-hydrogen) atoms. The topological polar surface area (TPSA) is 0 Å². The summed E-state index contributed by atoms with van der Waals surface area (Å²) in [7, 11) is 0. The summed E-state index contributed by atoms with van der Waals surface area (Å²) in [6.07, 6.45) is 8.23. The lowest BCUT2D eigenvalue weighted by molar-refractivity contribution is 0.288. The molecule has 0 aliphatic heterocycles. The average Bonchev–Trinajstić information content (AvgIpc) is 2.42. The van der Waals surface area contributed by atoms with E-state index in [1.807, 2.05) is 6.07 Å². The monoisotopic (exact) mass is 226 g/mol. The Kier molecular flexibility index (Phi) is 4.68. The Morgan fingerprint density at radius 1 is 1.12 bits per heavy atom. The molecule has 0 bridgehead atoms. The van der Waals surface area contributed by atoms with Gasteiger partial charge in [-0.15, -0.1) is 0 Å². The van der Waals surface area contributed by atoms with Gasteiger partial charge in [-0.05, 0) is 37.3 Å². The smallest absolute Gasteiger partial charge is 0.0245 e. The molecular formula is C17H22. The molecule has 0 saturated heterocycles. The normalized spacial score (nSPS) is 18.2. The predicted molar refractivity (Wildman–Crippen MR) is 73.7 cm³/mol. The summed E-state index contributed by atoms with van der Waals surface area (Å²) < 4.78 is 0. The molecule has 0 spiro atoms. The van der Waals surface area contributed by atoms with E-state index in [0.29, 0.717) is 5.92 Å². The van der Waals surface area contributed by atoms with Crippen LogP contribution in [0.15, 0.2) is 30.3 Å². The van der Waals surface area contributed by atoms with Crippen LogP contribution in [0.2, 0.25) is 0 Å². The van der Waals surface area contributed by atoms with Crippen molar-refractivity contribution < 1.29 is 0 Å². The molecule has 1 fully saturated rings. The van der Waals surface area contributed by atoms with Crippen molar-refractivity contribution in [3.05, 3.63) is 35.9 Å². The molecule has 1 aromatic carbocycles. The van der Waals surface area contributed by atoms with E-state index in [-0.39, 0.29) is 0 Å². The van der Waals surface area contributed by atoms with Crippen molar-refractivity contribution >= 4 is 0 Å². The maximum Gasteiger partial charge on any atom is 0.0245 e. The van der Waals surface area contributed by atoms with E-state index in [9.17, 15) is 0 Å². The lowest BCUT2D eigenvalue weighted by Crippen LogP contribution is -2.15. The molecule has 1 saturated carbocycles. The van der Waals surface area contributed by atoms with Gasteiger partial charge in [-0.2, -0.15) is 0 Å². The first-order chi connectivity index (χ1) is 8.40. The third-order valence-electron chi connectivity index (χ3n) is 3.83. The Hall–Kier alpha value is -1.22. The first-order valence-corrected chi connectivity index (χ1v) is 6.96. The third-order valence-corrected chi connectivity index (χ3v) is 3.83. The molecule has 0 radical (unpaired) electrons. The summed E-state index contributed by atoms with van der Waals surface area (Å²) in [6, 6.07) is 10.4. The lowest BCUT2D eigenvalue weighted by atomic mass is 9.79. The van der Waals surface area contributed by atoms with Crippen LogP contribution < -0.4 is 0 Å².